The molecule has 2 aromatic rings. The van der Waals surface area contributed by atoms with E-state index in [4.69, 9.17) is 16.3 Å². The molecule has 5 heteroatoms. The molecule has 104 valence electrons. The summed E-state index contributed by atoms with van der Waals surface area (Å²) in [6.07, 6.45) is 1.65. The number of cyclic esters (lactones) is 1. The molecule has 0 saturated carbocycles. The Bertz CT molecular complexity index is 766. The Morgan fingerprint density at radius 3 is 2.62 bits per heavy atom. The Hall–Kier alpha value is -1.91. The second-order valence-electron chi connectivity index (χ2n) is 4.40. The number of benzene rings is 2. The molecule has 21 heavy (non-hydrogen) atoms. The molecule has 0 bridgehead atoms. The SMILES string of the molecule is O=C1OC(c2ccc(Br)cc2)=N/C1=C\c1cccc(Cl)c1. The van der Waals surface area contributed by atoms with Crippen molar-refractivity contribution in [1.82, 2.24) is 0 Å². The van der Waals surface area contributed by atoms with Crippen molar-refractivity contribution in [2.24, 2.45) is 4.99 Å². The van der Waals surface area contributed by atoms with Gasteiger partial charge in [0.05, 0.1) is 0 Å². The van der Waals surface area contributed by atoms with Gasteiger partial charge in [0.15, 0.2) is 5.70 Å². The molecule has 0 atom stereocenters. The van der Waals surface area contributed by atoms with E-state index in [2.05, 4.69) is 20.9 Å². The highest BCUT2D eigenvalue weighted by molar-refractivity contribution is 9.10. The highest BCUT2D eigenvalue weighted by atomic mass is 79.9. The summed E-state index contributed by atoms with van der Waals surface area (Å²) in [5.41, 5.74) is 1.81. The van der Waals surface area contributed by atoms with Crippen molar-refractivity contribution < 1.29 is 9.53 Å². The van der Waals surface area contributed by atoms with Crippen molar-refractivity contribution in [2.75, 3.05) is 0 Å². The lowest BCUT2D eigenvalue weighted by atomic mass is 10.2. The zero-order valence-electron chi connectivity index (χ0n) is 10.7. The molecule has 1 aliphatic heterocycles. The smallest absolute Gasteiger partial charge is 0.363 e. The normalized spacial score (nSPS) is 16.0. The second-order valence-corrected chi connectivity index (χ2v) is 5.75. The van der Waals surface area contributed by atoms with Crippen LogP contribution < -0.4 is 0 Å². The van der Waals surface area contributed by atoms with E-state index in [0.29, 0.717) is 10.9 Å². The summed E-state index contributed by atoms with van der Waals surface area (Å²) in [6.45, 7) is 0. The van der Waals surface area contributed by atoms with Crippen LogP contribution in [0.15, 0.2) is 63.7 Å². The Morgan fingerprint density at radius 1 is 1.14 bits per heavy atom. The van der Waals surface area contributed by atoms with Gasteiger partial charge in [-0.05, 0) is 48.0 Å². The third-order valence-corrected chi connectivity index (χ3v) is 3.63. The summed E-state index contributed by atoms with van der Waals surface area (Å²) >= 11 is 9.28. The van der Waals surface area contributed by atoms with Crippen molar-refractivity contribution >= 4 is 45.5 Å². The van der Waals surface area contributed by atoms with Crippen LogP contribution in [0.5, 0.6) is 0 Å². The molecular weight excluding hydrogens is 354 g/mol. The lowest BCUT2D eigenvalue weighted by molar-refractivity contribution is -0.129. The van der Waals surface area contributed by atoms with Crippen molar-refractivity contribution in [3.05, 3.63) is 74.9 Å². The maximum atomic E-state index is 11.9. The maximum Gasteiger partial charge on any atom is 0.363 e. The molecule has 0 aromatic heterocycles. The van der Waals surface area contributed by atoms with E-state index in [9.17, 15) is 4.79 Å². The minimum absolute atomic E-state index is 0.259. The van der Waals surface area contributed by atoms with Gasteiger partial charge in [-0.1, -0.05) is 39.7 Å². The molecule has 2 aromatic carbocycles. The number of nitrogens with zero attached hydrogens (tertiary/aromatic N) is 1. The first-order valence-corrected chi connectivity index (χ1v) is 7.33. The van der Waals surface area contributed by atoms with Gasteiger partial charge in [0.2, 0.25) is 5.90 Å². The zero-order valence-corrected chi connectivity index (χ0v) is 13.1. The monoisotopic (exact) mass is 361 g/mol. The van der Waals surface area contributed by atoms with Crippen LogP contribution in [0.1, 0.15) is 11.1 Å². The Labute approximate surface area is 135 Å². The first-order chi connectivity index (χ1) is 10.1. The molecule has 0 unspecified atom stereocenters. The zero-order chi connectivity index (χ0) is 14.8. The molecule has 3 nitrogen and oxygen atoms in total. The van der Waals surface area contributed by atoms with E-state index in [1.165, 1.54) is 0 Å². The minimum atomic E-state index is -0.465. The molecule has 0 amide bonds. The topological polar surface area (TPSA) is 38.7 Å². The molecule has 0 spiro atoms. The predicted octanol–water partition coefficient (Wildman–Crippen LogP) is 4.45. The number of carbonyl (C=O) groups is 1. The molecule has 3 rings (SSSR count). The van der Waals surface area contributed by atoms with E-state index in [1.807, 2.05) is 36.4 Å². The molecule has 0 radical (unpaired) electrons. The van der Waals surface area contributed by atoms with Crippen LogP contribution in [0.3, 0.4) is 0 Å². The average Bonchev–Trinajstić information content (AvgIpc) is 2.81. The van der Waals surface area contributed by atoms with Crippen LogP contribution in [0.4, 0.5) is 0 Å². The standard InChI is InChI=1S/C16H9BrClNO2/c17-12-6-4-11(5-7-12)15-19-14(16(20)21-15)9-10-2-1-3-13(18)8-10/h1-9H/b14-9-. The predicted molar refractivity (Wildman–Crippen MR) is 86.2 cm³/mol. The number of esters is 1. The Morgan fingerprint density at radius 2 is 1.90 bits per heavy atom. The van der Waals surface area contributed by atoms with E-state index >= 15 is 0 Å². The molecule has 1 heterocycles. The minimum Gasteiger partial charge on any atom is -0.402 e. The first-order valence-electron chi connectivity index (χ1n) is 6.16. The average molecular weight is 363 g/mol. The van der Waals surface area contributed by atoms with Gasteiger partial charge in [0, 0.05) is 15.1 Å². The number of hydrogen-bond acceptors (Lipinski definition) is 3. The van der Waals surface area contributed by atoms with Gasteiger partial charge >= 0.3 is 5.97 Å². The summed E-state index contributed by atoms with van der Waals surface area (Å²) in [7, 11) is 0. The number of carbonyl (C=O) groups excluding carboxylic acids is 1. The summed E-state index contributed by atoms with van der Waals surface area (Å²) in [4.78, 5) is 16.1. The van der Waals surface area contributed by atoms with Gasteiger partial charge in [-0.25, -0.2) is 9.79 Å². The van der Waals surface area contributed by atoms with Gasteiger partial charge in [-0.3, -0.25) is 0 Å². The van der Waals surface area contributed by atoms with Gasteiger partial charge in [0.25, 0.3) is 0 Å². The van der Waals surface area contributed by atoms with Gasteiger partial charge in [0.1, 0.15) is 0 Å². The highest BCUT2D eigenvalue weighted by Gasteiger charge is 2.23. The van der Waals surface area contributed by atoms with E-state index in [1.54, 1.807) is 18.2 Å². The van der Waals surface area contributed by atoms with Crippen molar-refractivity contribution in [3.63, 3.8) is 0 Å². The fourth-order valence-electron chi connectivity index (χ4n) is 1.88. The summed E-state index contributed by atoms with van der Waals surface area (Å²) in [5, 5.41) is 0.604. The third kappa shape index (κ3) is 3.23. The first kappa shape index (κ1) is 14.0. The number of ether oxygens (including phenoxy) is 1. The van der Waals surface area contributed by atoms with Crippen LogP contribution in [0.25, 0.3) is 6.08 Å². The van der Waals surface area contributed by atoms with E-state index < -0.39 is 5.97 Å². The van der Waals surface area contributed by atoms with Crippen LogP contribution >= 0.6 is 27.5 Å². The molecular formula is C16H9BrClNO2. The number of halogens is 2. The summed E-state index contributed by atoms with van der Waals surface area (Å²) < 4.78 is 6.15. The van der Waals surface area contributed by atoms with Crippen molar-refractivity contribution in [1.29, 1.82) is 0 Å². The molecule has 0 saturated heterocycles. The van der Waals surface area contributed by atoms with Gasteiger partial charge in [-0.2, -0.15) is 0 Å². The third-order valence-electron chi connectivity index (χ3n) is 2.86. The molecule has 0 aliphatic carbocycles. The second kappa shape index (κ2) is 5.84. The van der Waals surface area contributed by atoms with Gasteiger partial charge in [-0.15, -0.1) is 0 Å². The van der Waals surface area contributed by atoms with Crippen LogP contribution in [-0.4, -0.2) is 11.9 Å². The Kier molecular flexibility index (Phi) is 3.90. The summed E-state index contributed by atoms with van der Waals surface area (Å²) in [5.74, 6) is -0.159. The Balaban J connectivity index is 1.93. The lowest BCUT2D eigenvalue weighted by Crippen LogP contribution is -2.05. The fourth-order valence-corrected chi connectivity index (χ4v) is 2.34. The molecule has 0 fully saturated rings. The maximum absolute atomic E-state index is 11.9. The van der Waals surface area contributed by atoms with Crippen LogP contribution in [0.2, 0.25) is 5.02 Å². The van der Waals surface area contributed by atoms with Crippen LogP contribution in [-0.2, 0) is 9.53 Å². The van der Waals surface area contributed by atoms with E-state index in [-0.39, 0.29) is 5.70 Å². The quantitative estimate of drug-likeness (QED) is 0.585. The van der Waals surface area contributed by atoms with Gasteiger partial charge < -0.3 is 4.74 Å². The fraction of sp³-hybridized carbons (Fsp3) is 0. The summed E-state index contributed by atoms with van der Waals surface area (Å²) in [6, 6.07) is 14.6. The lowest BCUT2D eigenvalue weighted by Gasteiger charge is -1.98. The molecule has 1 aliphatic rings. The highest BCUT2D eigenvalue weighted by Crippen LogP contribution is 2.21. The molecule has 0 N–H and O–H groups in total. The van der Waals surface area contributed by atoms with E-state index in [0.717, 1.165) is 15.6 Å². The number of aliphatic imine (C=N–C) groups is 1. The van der Waals surface area contributed by atoms with Crippen molar-refractivity contribution in [2.45, 2.75) is 0 Å². The number of rotatable bonds is 2. The van der Waals surface area contributed by atoms with Crippen LogP contribution in [0, 0.1) is 0 Å². The number of hydrogen-bond donors (Lipinski definition) is 0. The van der Waals surface area contributed by atoms with Crippen molar-refractivity contribution in [3.8, 4) is 0 Å². The largest absolute Gasteiger partial charge is 0.402 e.